The van der Waals surface area contributed by atoms with Crippen molar-refractivity contribution >= 4 is 55.5 Å². The molecular formula is C13H17BrClN3O3S2. The average Bonchev–Trinajstić information content (AvgIpc) is 2.84. The first kappa shape index (κ1) is 19.0. The molecule has 10 heteroatoms. The van der Waals surface area contributed by atoms with E-state index in [9.17, 15) is 13.5 Å². The lowest BCUT2D eigenvalue weighted by atomic mass is 10.0. The second kappa shape index (κ2) is 5.89. The minimum Gasteiger partial charge on any atom is -0.366 e. The van der Waals surface area contributed by atoms with Crippen molar-refractivity contribution in [2.45, 2.75) is 30.0 Å². The molecule has 0 saturated carbocycles. The standard InChI is InChI=1S/C13H16ClN3O3S2.BrH/c1-12(2)6-17-11(16-12)21-7-13(17,18)8-3-4-9(14)10(5-8)22(15,19)20;/h3-5,18H,6-7H2,1-2H3,(H2,15,19,20);1H. The van der Waals surface area contributed by atoms with Gasteiger partial charge in [-0.2, -0.15) is 0 Å². The third-order valence-electron chi connectivity index (χ3n) is 3.72. The van der Waals surface area contributed by atoms with Gasteiger partial charge in [-0.15, -0.1) is 17.0 Å². The van der Waals surface area contributed by atoms with Crippen molar-refractivity contribution < 1.29 is 13.5 Å². The van der Waals surface area contributed by atoms with Crippen molar-refractivity contribution in [1.82, 2.24) is 4.90 Å². The van der Waals surface area contributed by atoms with E-state index in [1.807, 2.05) is 13.8 Å². The maximum atomic E-state index is 11.6. The molecule has 2 aliphatic rings. The van der Waals surface area contributed by atoms with Gasteiger partial charge >= 0.3 is 0 Å². The Morgan fingerprint density at radius 1 is 1.43 bits per heavy atom. The predicted molar refractivity (Wildman–Crippen MR) is 97.7 cm³/mol. The number of hydrogen-bond acceptors (Lipinski definition) is 6. The van der Waals surface area contributed by atoms with Gasteiger partial charge in [0.1, 0.15) is 4.90 Å². The Balaban J connectivity index is 0.00000192. The molecule has 2 heterocycles. The van der Waals surface area contributed by atoms with Crippen molar-refractivity contribution in [1.29, 1.82) is 0 Å². The summed E-state index contributed by atoms with van der Waals surface area (Å²) in [6.45, 7) is 4.52. The molecule has 1 aromatic rings. The largest absolute Gasteiger partial charge is 0.366 e. The number of rotatable bonds is 2. The number of halogens is 2. The van der Waals surface area contributed by atoms with Crippen molar-refractivity contribution in [3.63, 3.8) is 0 Å². The van der Waals surface area contributed by atoms with Crippen LogP contribution in [0.4, 0.5) is 0 Å². The molecular weight excluding hydrogens is 426 g/mol. The summed E-state index contributed by atoms with van der Waals surface area (Å²) < 4.78 is 23.3. The Morgan fingerprint density at radius 2 is 2.09 bits per heavy atom. The van der Waals surface area contributed by atoms with E-state index in [0.29, 0.717) is 17.9 Å². The molecule has 2 aliphatic heterocycles. The molecule has 0 aliphatic carbocycles. The minimum atomic E-state index is -3.96. The number of fused-ring (bicyclic) bond motifs is 1. The Morgan fingerprint density at radius 3 is 2.70 bits per heavy atom. The van der Waals surface area contributed by atoms with Crippen LogP contribution in [0.2, 0.25) is 5.02 Å². The number of amidine groups is 1. The van der Waals surface area contributed by atoms with E-state index in [1.165, 1.54) is 23.9 Å². The Hall–Kier alpha value is -0.320. The van der Waals surface area contributed by atoms with E-state index in [0.717, 1.165) is 5.17 Å². The topological polar surface area (TPSA) is 96.0 Å². The van der Waals surface area contributed by atoms with Crippen LogP contribution < -0.4 is 5.14 Å². The quantitative estimate of drug-likeness (QED) is 0.729. The van der Waals surface area contributed by atoms with Crippen LogP contribution in [0.25, 0.3) is 0 Å². The second-order valence-electron chi connectivity index (χ2n) is 6.09. The number of hydrogen-bond donors (Lipinski definition) is 2. The molecule has 1 fully saturated rings. The maximum Gasteiger partial charge on any atom is 0.239 e. The molecule has 0 spiro atoms. The van der Waals surface area contributed by atoms with Crippen LogP contribution in [0.3, 0.4) is 0 Å². The lowest BCUT2D eigenvalue weighted by Crippen LogP contribution is -2.46. The van der Waals surface area contributed by atoms with Crippen LogP contribution in [-0.2, 0) is 15.7 Å². The highest BCUT2D eigenvalue weighted by Crippen LogP contribution is 2.44. The third-order valence-corrected chi connectivity index (χ3v) is 6.23. The molecule has 0 radical (unpaired) electrons. The smallest absolute Gasteiger partial charge is 0.239 e. The van der Waals surface area contributed by atoms with Gasteiger partial charge in [-0.05, 0) is 26.0 Å². The first-order chi connectivity index (χ1) is 10.0. The van der Waals surface area contributed by atoms with Gasteiger partial charge < -0.3 is 10.0 Å². The van der Waals surface area contributed by atoms with Crippen LogP contribution >= 0.6 is 40.3 Å². The predicted octanol–water partition coefficient (Wildman–Crippen LogP) is 1.91. The molecule has 0 amide bonds. The summed E-state index contributed by atoms with van der Waals surface area (Å²) in [4.78, 5) is 6.18. The molecule has 23 heavy (non-hydrogen) atoms. The number of nitrogens with zero attached hydrogens (tertiary/aromatic N) is 2. The number of primary sulfonamides is 1. The van der Waals surface area contributed by atoms with Crippen LogP contribution in [0.5, 0.6) is 0 Å². The van der Waals surface area contributed by atoms with Crippen LogP contribution in [0, 0.1) is 0 Å². The molecule has 1 saturated heterocycles. The van der Waals surface area contributed by atoms with Crippen LogP contribution in [0.1, 0.15) is 19.4 Å². The molecule has 1 aromatic carbocycles. The molecule has 1 atom stereocenters. The van der Waals surface area contributed by atoms with Gasteiger partial charge in [0, 0.05) is 12.1 Å². The van der Waals surface area contributed by atoms with Gasteiger partial charge in [0.25, 0.3) is 0 Å². The summed E-state index contributed by atoms with van der Waals surface area (Å²) in [5, 5.41) is 17.1. The zero-order valence-corrected chi connectivity index (χ0v) is 16.6. The lowest BCUT2D eigenvalue weighted by Gasteiger charge is -2.34. The molecule has 3 rings (SSSR count). The van der Waals surface area contributed by atoms with Gasteiger partial charge in [-0.25, -0.2) is 13.6 Å². The van der Waals surface area contributed by atoms with E-state index in [-0.39, 0.29) is 32.4 Å². The summed E-state index contributed by atoms with van der Waals surface area (Å²) >= 11 is 7.35. The van der Waals surface area contributed by atoms with E-state index in [4.69, 9.17) is 16.7 Å². The number of sulfonamides is 1. The highest BCUT2D eigenvalue weighted by Gasteiger charge is 2.50. The molecule has 1 unspecified atom stereocenters. The Kier molecular flexibility index (Phi) is 4.87. The molecule has 0 aromatic heterocycles. The van der Waals surface area contributed by atoms with E-state index >= 15 is 0 Å². The summed E-state index contributed by atoms with van der Waals surface area (Å²) in [6, 6.07) is 4.40. The second-order valence-corrected chi connectivity index (χ2v) is 8.97. The molecule has 3 N–H and O–H groups in total. The van der Waals surface area contributed by atoms with Crippen molar-refractivity contribution in [2.75, 3.05) is 12.3 Å². The molecule has 6 nitrogen and oxygen atoms in total. The van der Waals surface area contributed by atoms with Gasteiger partial charge in [-0.3, -0.25) is 4.99 Å². The van der Waals surface area contributed by atoms with E-state index in [1.54, 1.807) is 11.0 Å². The Labute approximate surface area is 154 Å². The summed E-state index contributed by atoms with van der Waals surface area (Å²) in [7, 11) is -3.96. The highest BCUT2D eigenvalue weighted by atomic mass is 79.9. The van der Waals surface area contributed by atoms with Gasteiger partial charge in [0.05, 0.1) is 16.3 Å². The van der Waals surface area contributed by atoms with E-state index < -0.39 is 15.7 Å². The zero-order chi connectivity index (χ0) is 16.3. The SMILES string of the molecule is Br.CC1(C)CN2C(=N1)SCC2(O)c1ccc(Cl)c(S(N)(=O)=O)c1. The van der Waals surface area contributed by atoms with Crippen LogP contribution in [-0.4, -0.2) is 41.4 Å². The number of nitrogens with two attached hydrogens (primary N) is 1. The first-order valence-electron chi connectivity index (χ1n) is 6.58. The fourth-order valence-electron chi connectivity index (χ4n) is 2.66. The fourth-order valence-corrected chi connectivity index (χ4v) is 5.07. The summed E-state index contributed by atoms with van der Waals surface area (Å²) in [5.74, 6) is 0.369. The number of thioether (sulfide) groups is 1. The van der Waals surface area contributed by atoms with Crippen molar-refractivity contribution in [3.05, 3.63) is 28.8 Å². The van der Waals surface area contributed by atoms with E-state index in [2.05, 4.69) is 4.99 Å². The zero-order valence-electron chi connectivity index (χ0n) is 12.5. The molecule has 128 valence electrons. The monoisotopic (exact) mass is 441 g/mol. The first-order valence-corrected chi connectivity index (χ1v) is 9.49. The van der Waals surface area contributed by atoms with Gasteiger partial charge in [0.15, 0.2) is 10.9 Å². The highest BCUT2D eigenvalue weighted by molar-refractivity contribution is 8.93. The summed E-state index contributed by atoms with van der Waals surface area (Å²) in [6.07, 6.45) is 0. The lowest BCUT2D eigenvalue weighted by molar-refractivity contribution is -0.0482. The Bertz CT molecular complexity index is 785. The van der Waals surface area contributed by atoms with Crippen LogP contribution in [0.15, 0.2) is 28.1 Å². The van der Waals surface area contributed by atoms with Gasteiger partial charge in [-0.1, -0.05) is 29.4 Å². The number of aliphatic hydroxyl groups is 1. The minimum absolute atomic E-state index is 0. The van der Waals surface area contributed by atoms with Gasteiger partial charge in [0.2, 0.25) is 10.0 Å². The van der Waals surface area contributed by atoms with Crippen molar-refractivity contribution in [2.24, 2.45) is 10.1 Å². The summed E-state index contributed by atoms with van der Waals surface area (Å²) in [5.41, 5.74) is -1.16. The normalized spacial score (nSPS) is 25.8. The number of aliphatic imine (C=N–C) groups is 1. The maximum absolute atomic E-state index is 11.6. The fraction of sp³-hybridized carbons (Fsp3) is 0.462. The van der Waals surface area contributed by atoms with Crippen molar-refractivity contribution in [3.8, 4) is 0 Å². The molecule has 0 bridgehead atoms. The number of benzene rings is 1. The average molecular weight is 443 g/mol. The third kappa shape index (κ3) is 3.27.